The highest BCUT2D eigenvalue weighted by atomic mass is 15.2. The number of nitrogens with one attached hydrogen (secondary N) is 2. The van der Waals surface area contributed by atoms with E-state index in [1.54, 1.807) is 0 Å². The normalized spacial score (nSPS) is 19.5. The minimum atomic E-state index is 0.307. The zero-order valence-electron chi connectivity index (χ0n) is 12.7. The van der Waals surface area contributed by atoms with E-state index in [0.29, 0.717) is 17.9 Å². The lowest BCUT2D eigenvalue weighted by atomic mass is 10.1. The van der Waals surface area contributed by atoms with Gasteiger partial charge < -0.3 is 21.3 Å². The largest absolute Gasteiger partial charge is 0.370 e. The summed E-state index contributed by atoms with van der Waals surface area (Å²) in [5.41, 5.74) is 5.72. The van der Waals surface area contributed by atoms with E-state index in [1.165, 1.54) is 13.0 Å². The first kappa shape index (κ1) is 14.8. The van der Waals surface area contributed by atoms with E-state index in [9.17, 15) is 0 Å². The maximum atomic E-state index is 5.72. The Labute approximate surface area is 121 Å². The van der Waals surface area contributed by atoms with Crippen LogP contribution in [0.3, 0.4) is 0 Å². The van der Waals surface area contributed by atoms with Gasteiger partial charge in [0.2, 0.25) is 5.95 Å². The molecule has 1 atom stereocenters. The smallest absolute Gasteiger partial charge is 0.223 e. The number of anilines is 3. The van der Waals surface area contributed by atoms with Gasteiger partial charge in [-0.25, -0.2) is 0 Å². The molecule has 2 heterocycles. The van der Waals surface area contributed by atoms with Crippen LogP contribution in [0.15, 0.2) is 6.07 Å². The van der Waals surface area contributed by atoms with E-state index in [0.717, 1.165) is 31.3 Å². The molecule has 2 rings (SSSR count). The highest BCUT2D eigenvalue weighted by Crippen LogP contribution is 2.19. The second kappa shape index (κ2) is 6.74. The summed E-state index contributed by atoms with van der Waals surface area (Å²) in [4.78, 5) is 10.9. The molecule has 1 saturated heterocycles. The van der Waals surface area contributed by atoms with Crippen LogP contribution in [0.1, 0.15) is 27.2 Å². The van der Waals surface area contributed by atoms with E-state index in [-0.39, 0.29) is 0 Å². The summed E-state index contributed by atoms with van der Waals surface area (Å²) in [5, 5.41) is 6.55. The predicted molar refractivity (Wildman–Crippen MR) is 83.9 cm³/mol. The van der Waals surface area contributed by atoms with Gasteiger partial charge in [-0.2, -0.15) is 9.97 Å². The zero-order valence-corrected chi connectivity index (χ0v) is 12.7. The number of likely N-dealkylation sites (tertiary alicyclic amines) is 1. The average molecular weight is 278 g/mol. The molecule has 0 aliphatic carbocycles. The maximum absolute atomic E-state index is 5.72. The summed E-state index contributed by atoms with van der Waals surface area (Å²) < 4.78 is 0. The van der Waals surface area contributed by atoms with Gasteiger partial charge in [0.15, 0.2) is 0 Å². The summed E-state index contributed by atoms with van der Waals surface area (Å²) in [7, 11) is 0. The Morgan fingerprint density at radius 2 is 2.05 bits per heavy atom. The van der Waals surface area contributed by atoms with Crippen molar-refractivity contribution < 1.29 is 0 Å². The SMILES string of the molecule is CCNc1cc(NCC2CCN(C(C)C)C2)nc(N)n1. The van der Waals surface area contributed by atoms with E-state index in [1.807, 2.05) is 13.0 Å². The monoisotopic (exact) mass is 278 g/mol. The highest BCUT2D eigenvalue weighted by Gasteiger charge is 2.23. The summed E-state index contributed by atoms with van der Waals surface area (Å²) in [6.45, 7) is 10.6. The van der Waals surface area contributed by atoms with Crippen LogP contribution in [0.4, 0.5) is 17.6 Å². The minimum Gasteiger partial charge on any atom is -0.370 e. The second-order valence-corrected chi connectivity index (χ2v) is 5.65. The van der Waals surface area contributed by atoms with Crippen molar-refractivity contribution in [1.29, 1.82) is 0 Å². The van der Waals surface area contributed by atoms with Gasteiger partial charge >= 0.3 is 0 Å². The first-order valence-electron chi connectivity index (χ1n) is 7.44. The summed E-state index contributed by atoms with van der Waals surface area (Å²) >= 11 is 0. The van der Waals surface area contributed by atoms with Gasteiger partial charge in [0, 0.05) is 31.7 Å². The van der Waals surface area contributed by atoms with Crippen LogP contribution in [0.2, 0.25) is 0 Å². The summed E-state index contributed by atoms with van der Waals surface area (Å²) in [5.74, 6) is 2.56. The van der Waals surface area contributed by atoms with E-state index in [4.69, 9.17) is 5.73 Å². The van der Waals surface area contributed by atoms with E-state index < -0.39 is 0 Å². The lowest BCUT2D eigenvalue weighted by molar-refractivity contribution is 0.266. The molecule has 4 N–H and O–H groups in total. The van der Waals surface area contributed by atoms with Crippen LogP contribution in [0, 0.1) is 5.92 Å². The van der Waals surface area contributed by atoms with Crippen molar-refractivity contribution in [2.45, 2.75) is 33.2 Å². The molecule has 6 heteroatoms. The number of nitrogens with zero attached hydrogens (tertiary/aromatic N) is 3. The first-order valence-corrected chi connectivity index (χ1v) is 7.44. The van der Waals surface area contributed by atoms with Crippen LogP contribution in [-0.2, 0) is 0 Å². The number of hydrogen-bond acceptors (Lipinski definition) is 6. The van der Waals surface area contributed by atoms with Crippen molar-refractivity contribution in [2.24, 2.45) is 5.92 Å². The van der Waals surface area contributed by atoms with Crippen LogP contribution in [0.5, 0.6) is 0 Å². The Morgan fingerprint density at radius 3 is 2.65 bits per heavy atom. The molecule has 20 heavy (non-hydrogen) atoms. The first-order chi connectivity index (χ1) is 9.58. The number of hydrogen-bond donors (Lipinski definition) is 3. The molecule has 0 spiro atoms. The third-order valence-electron chi connectivity index (χ3n) is 3.72. The third kappa shape index (κ3) is 3.96. The van der Waals surface area contributed by atoms with Gasteiger partial charge in [-0.1, -0.05) is 0 Å². The van der Waals surface area contributed by atoms with Crippen molar-refractivity contribution in [2.75, 3.05) is 42.5 Å². The standard InChI is InChI=1S/C14H26N6/c1-4-16-12-7-13(19-14(15)18-12)17-8-11-5-6-20(9-11)10(2)3/h7,10-11H,4-6,8-9H2,1-3H3,(H4,15,16,17,18,19). The maximum Gasteiger partial charge on any atom is 0.223 e. The fraction of sp³-hybridized carbons (Fsp3) is 0.714. The zero-order chi connectivity index (χ0) is 14.5. The van der Waals surface area contributed by atoms with Crippen molar-refractivity contribution in [3.8, 4) is 0 Å². The molecule has 112 valence electrons. The van der Waals surface area contributed by atoms with Gasteiger partial charge in [-0.3, -0.25) is 0 Å². The Kier molecular flexibility index (Phi) is 5.00. The molecule has 0 radical (unpaired) electrons. The molecule has 1 aliphatic heterocycles. The Balaban J connectivity index is 1.88. The molecule has 1 aromatic rings. The van der Waals surface area contributed by atoms with E-state index in [2.05, 4.69) is 39.3 Å². The van der Waals surface area contributed by atoms with Crippen molar-refractivity contribution >= 4 is 17.6 Å². The Hall–Kier alpha value is -1.56. The van der Waals surface area contributed by atoms with Gasteiger partial charge in [-0.05, 0) is 39.7 Å². The van der Waals surface area contributed by atoms with Crippen LogP contribution in [-0.4, -0.2) is 47.1 Å². The average Bonchev–Trinajstić information content (AvgIpc) is 2.85. The number of nitrogens with two attached hydrogens (primary N) is 1. The fourth-order valence-corrected chi connectivity index (χ4v) is 2.58. The van der Waals surface area contributed by atoms with Gasteiger partial charge in [-0.15, -0.1) is 0 Å². The molecule has 0 bridgehead atoms. The summed E-state index contributed by atoms with van der Waals surface area (Å²) in [6, 6.07) is 2.55. The molecule has 0 amide bonds. The topological polar surface area (TPSA) is 79.1 Å². The lowest BCUT2D eigenvalue weighted by Gasteiger charge is -2.20. The Bertz CT molecular complexity index is 434. The molecule has 1 fully saturated rings. The van der Waals surface area contributed by atoms with Gasteiger partial charge in [0.25, 0.3) is 0 Å². The van der Waals surface area contributed by atoms with Gasteiger partial charge in [0.05, 0.1) is 0 Å². The quantitative estimate of drug-likeness (QED) is 0.734. The minimum absolute atomic E-state index is 0.307. The highest BCUT2D eigenvalue weighted by molar-refractivity contribution is 5.50. The second-order valence-electron chi connectivity index (χ2n) is 5.65. The van der Waals surface area contributed by atoms with Crippen LogP contribution in [0.25, 0.3) is 0 Å². The third-order valence-corrected chi connectivity index (χ3v) is 3.72. The van der Waals surface area contributed by atoms with Crippen molar-refractivity contribution in [1.82, 2.24) is 14.9 Å². The van der Waals surface area contributed by atoms with E-state index >= 15 is 0 Å². The summed E-state index contributed by atoms with van der Waals surface area (Å²) in [6.07, 6.45) is 1.24. The molecule has 1 aliphatic rings. The number of nitrogen functional groups attached to an aromatic ring is 1. The van der Waals surface area contributed by atoms with Crippen molar-refractivity contribution in [3.63, 3.8) is 0 Å². The van der Waals surface area contributed by atoms with Crippen molar-refractivity contribution in [3.05, 3.63) is 6.07 Å². The molecular weight excluding hydrogens is 252 g/mol. The molecule has 6 nitrogen and oxygen atoms in total. The fourth-order valence-electron chi connectivity index (χ4n) is 2.58. The molecule has 1 unspecified atom stereocenters. The van der Waals surface area contributed by atoms with Crippen LogP contribution >= 0.6 is 0 Å². The molecule has 0 aromatic carbocycles. The van der Waals surface area contributed by atoms with Crippen LogP contribution < -0.4 is 16.4 Å². The number of rotatable bonds is 6. The molecule has 0 saturated carbocycles. The molecule has 1 aromatic heterocycles. The molecular formula is C14H26N6. The predicted octanol–water partition coefficient (Wildman–Crippen LogP) is 1.63. The number of aromatic nitrogens is 2. The Morgan fingerprint density at radius 1 is 1.35 bits per heavy atom. The lowest BCUT2D eigenvalue weighted by Crippen LogP contribution is -2.29. The van der Waals surface area contributed by atoms with Gasteiger partial charge in [0.1, 0.15) is 11.6 Å².